The Labute approximate surface area is 130 Å². The molecule has 0 amide bonds. The Bertz CT molecular complexity index is 456. The lowest BCUT2D eigenvalue weighted by Gasteiger charge is -2.23. The Hall–Kier alpha value is -0.280. The van der Waals surface area contributed by atoms with Gasteiger partial charge in [-0.3, -0.25) is 0 Å². The number of anilines is 1. The lowest BCUT2D eigenvalue weighted by atomic mass is 9.96. The van der Waals surface area contributed by atoms with Crippen LogP contribution in [-0.4, -0.2) is 6.04 Å². The minimum Gasteiger partial charge on any atom is -0.380 e. The Balaban J connectivity index is 2.15. The van der Waals surface area contributed by atoms with Gasteiger partial charge in [-0.2, -0.15) is 5.26 Å². The fourth-order valence-electron chi connectivity index (χ4n) is 2.44. The van der Waals surface area contributed by atoms with E-state index in [1.807, 2.05) is 0 Å². The fourth-order valence-corrected chi connectivity index (χ4v) is 3.30. The van der Waals surface area contributed by atoms with Crippen molar-refractivity contribution >= 4 is 44.2 Å². The van der Waals surface area contributed by atoms with Gasteiger partial charge in [0.2, 0.25) is 0 Å². The van der Waals surface area contributed by atoms with Crippen molar-refractivity contribution in [2.24, 2.45) is 5.92 Å². The molecule has 2 nitrogen and oxygen atoms in total. The molecular formula is C14H16BrIN2. The Morgan fingerprint density at radius 3 is 2.83 bits per heavy atom. The van der Waals surface area contributed by atoms with Crippen LogP contribution in [0.1, 0.15) is 32.1 Å². The maximum Gasteiger partial charge on any atom is 0.0677 e. The molecule has 0 saturated heterocycles. The summed E-state index contributed by atoms with van der Waals surface area (Å²) >= 11 is 5.88. The van der Waals surface area contributed by atoms with Crippen LogP contribution < -0.4 is 5.32 Å². The van der Waals surface area contributed by atoms with E-state index < -0.39 is 0 Å². The molecule has 96 valence electrons. The molecule has 0 heterocycles. The van der Waals surface area contributed by atoms with Crippen molar-refractivity contribution in [1.29, 1.82) is 5.26 Å². The van der Waals surface area contributed by atoms with Crippen molar-refractivity contribution in [2.45, 2.75) is 38.1 Å². The smallest absolute Gasteiger partial charge is 0.0677 e. The number of benzene rings is 1. The molecule has 0 radical (unpaired) electrons. The third kappa shape index (κ3) is 3.61. The Kier molecular flexibility index (Phi) is 5.31. The van der Waals surface area contributed by atoms with Crippen molar-refractivity contribution in [3.05, 3.63) is 26.2 Å². The molecule has 0 bridgehead atoms. The highest BCUT2D eigenvalue weighted by Crippen LogP contribution is 2.30. The van der Waals surface area contributed by atoms with Crippen LogP contribution in [-0.2, 0) is 0 Å². The standard InChI is InChI=1S/C14H16BrIN2/c15-12-7-6-11(16)8-14(12)18-13-5-3-1-2-4-10(13)9-17/h6-8,10,13,18H,1-5H2. The molecule has 2 atom stereocenters. The van der Waals surface area contributed by atoms with Crippen LogP contribution in [0.2, 0.25) is 0 Å². The molecule has 2 unspecified atom stereocenters. The van der Waals surface area contributed by atoms with Crippen LogP contribution in [0.15, 0.2) is 22.7 Å². The number of hydrogen-bond acceptors (Lipinski definition) is 2. The van der Waals surface area contributed by atoms with Gasteiger partial charge in [-0.1, -0.05) is 19.3 Å². The van der Waals surface area contributed by atoms with Crippen LogP contribution in [0.4, 0.5) is 5.69 Å². The van der Waals surface area contributed by atoms with Gasteiger partial charge < -0.3 is 5.32 Å². The summed E-state index contributed by atoms with van der Waals surface area (Å²) in [5, 5.41) is 12.8. The number of rotatable bonds is 2. The summed E-state index contributed by atoms with van der Waals surface area (Å²) in [6, 6.07) is 9.01. The van der Waals surface area contributed by atoms with Gasteiger partial charge in [0.25, 0.3) is 0 Å². The molecular weight excluding hydrogens is 403 g/mol. The van der Waals surface area contributed by atoms with Crippen LogP contribution >= 0.6 is 38.5 Å². The third-order valence-electron chi connectivity index (χ3n) is 3.45. The van der Waals surface area contributed by atoms with Crippen molar-refractivity contribution in [3.63, 3.8) is 0 Å². The molecule has 1 aliphatic rings. The monoisotopic (exact) mass is 418 g/mol. The zero-order chi connectivity index (χ0) is 13.0. The highest BCUT2D eigenvalue weighted by atomic mass is 127. The summed E-state index contributed by atoms with van der Waals surface area (Å²) < 4.78 is 2.28. The normalized spacial score (nSPS) is 24.1. The number of nitrogens with zero attached hydrogens (tertiary/aromatic N) is 1. The molecule has 4 heteroatoms. The van der Waals surface area contributed by atoms with E-state index in [0.717, 1.165) is 23.0 Å². The van der Waals surface area contributed by atoms with Crippen LogP contribution in [0.3, 0.4) is 0 Å². The van der Waals surface area contributed by atoms with Crippen molar-refractivity contribution < 1.29 is 0 Å². The van der Waals surface area contributed by atoms with Crippen LogP contribution in [0, 0.1) is 20.8 Å². The molecule has 1 saturated carbocycles. The van der Waals surface area contributed by atoms with Gasteiger partial charge in [0, 0.05) is 19.8 Å². The summed E-state index contributed by atoms with van der Waals surface area (Å²) in [7, 11) is 0. The average Bonchev–Trinajstić information content (AvgIpc) is 2.59. The molecule has 1 N–H and O–H groups in total. The molecule has 1 aliphatic carbocycles. The van der Waals surface area contributed by atoms with E-state index in [2.05, 4.69) is 68.1 Å². The molecule has 0 aromatic heterocycles. The lowest BCUT2D eigenvalue weighted by molar-refractivity contribution is 0.514. The van der Waals surface area contributed by atoms with Crippen molar-refractivity contribution in [1.82, 2.24) is 0 Å². The molecule has 1 fully saturated rings. The minimum atomic E-state index is 0.136. The third-order valence-corrected chi connectivity index (χ3v) is 4.81. The van der Waals surface area contributed by atoms with Gasteiger partial charge in [0.05, 0.1) is 12.0 Å². The maximum absolute atomic E-state index is 9.29. The first-order valence-corrected chi connectivity index (χ1v) is 8.19. The molecule has 1 aromatic rings. The Morgan fingerprint density at radius 1 is 1.28 bits per heavy atom. The largest absolute Gasteiger partial charge is 0.380 e. The summed E-state index contributed by atoms with van der Waals surface area (Å²) in [5.41, 5.74) is 1.11. The van der Waals surface area contributed by atoms with E-state index in [1.54, 1.807) is 0 Å². The number of nitriles is 1. The minimum absolute atomic E-state index is 0.136. The Morgan fingerprint density at radius 2 is 2.06 bits per heavy atom. The molecule has 1 aromatic carbocycles. The van der Waals surface area contributed by atoms with E-state index in [0.29, 0.717) is 0 Å². The van der Waals surface area contributed by atoms with E-state index in [-0.39, 0.29) is 12.0 Å². The number of hydrogen-bond donors (Lipinski definition) is 1. The van der Waals surface area contributed by atoms with Crippen LogP contribution in [0.5, 0.6) is 0 Å². The first-order valence-electron chi connectivity index (χ1n) is 6.32. The highest BCUT2D eigenvalue weighted by Gasteiger charge is 2.23. The second kappa shape index (κ2) is 6.76. The molecule has 0 aliphatic heterocycles. The summed E-state index contributed by atoms with van der Waals surface area (Å²) in [6.07, 6.45) is 5.77. The number of nitrogens with one attached hydrogen (secondary N) is 1. The fraction of sp³-hybridized carbons (Fsp3) is 0.500. The predicted molar refractivity (Wildman–Crippen MR) is 86.5 cm³/mol. The zero-order valence-corrected chi connectivity index (χ0v) is 13.9. The van der Waals surface area contributed by atoms with Gasteiger partial charge in [-0.05, 0) is 69.6 Å². The predicted octanol–water partition coefficient (Wildman–Crippen LogP) is 4.94. The van der Waals surface area contributed by atoms with Crippen LogP contribution in [0.25, 0.3) is 0 Å². The first kappa shape index (κ1) is 14.1. The van der Waals surface area contributed by atoms with Gasteiger partial charge in [0.15, 0.2) is 0 Å². The van der Waals surface area contributed by atoms with Crippen molar-refractivity contribution in [3.8, 4) is 6.07 Å². The topological polar surface area (TPSA) is 35.8 Å². The number of halogens is 2. The summed E-state index contributed by atoms with van der Waals surface area (Å²) in [4.78, 5) is 0. The highest BCUT2D eigenvalue weighted by molar-refractivity contribution is 14.1. The van der Waals surface area contributed by atoms with Gasteiger partial charge in [-0.25, -0.2) is 0 Å². The molecule has 0 spiro atoms. The molecule has 2 rings (SSSR count). The van der Waals surface area contributed by atoms with Crippen molar-refractivity contribution in [2.75, 3.05) is 5.32 Å². The lowest BCUT2D eigenvalue weighted by Crippen LogP contribution is -2.27. The zero-order valence-electron chi connectivity index (χ0n) is 10.1. The van der Waals surface area contributed by atoms with Gasteiger partial charge in [-0.15, -0.1) is 0 Å². The van der Waals surface area contributed by atoms with Gasteiger partial charge >= 0.3 is 0 Å². The SMILES string of the molecule is N#CC1CCCCCC1Nc1cc(I)ccc1Br. The molecule has 18 heavy (non-hydrogen) atoms. The average molecular weight is 419 g/mol. The van der Waals surface area contributed by atoms with E-state index >= 15 is 0 Å². The second-order valence-corrected chi connectivity index (χ2v) is 6.85. The second-order valence-electron chi connectivity index (χ2n) is 4.75. The summed E-state index contributed by atoms with van der Waals surface area (Å²) in [5.74, 6) is 0.136. The van der Waals surface area contributed by atoms with E-state index in [4.69, 9.17) is 0 Å². The summed E-state index contributed by atoms with van der Waals surface area (Å²) in [6.45, 7) is 0. The van der Waals surface area contributed by atoms with E-state index in [1.165, 1.54) is 22.8 Å². The quantitative estimate of drug-likeness (QED) is 0.545. The van der Waals surface area contributed by atoms with Gasteiger partial charge in [0.1, 0.15) is 0 Å². The first-order chi connectivity index (χ1) is 8.70. The van der Waals surface area contributed by atoms with E-state index in [9.17, 15) is 5.26 Å². The maximum atomic E-state index is 9.29.